The molecule has 1 aliphatic carbocycles. The topological polar surface area (TPSA) is 61.9 Å². The standard InChI is InChI=1S/C34H34Cl3N3O3/c1-21(41)39-19-27-17-30(23-8-6-22(7-9-23)12-13-43-29-15-25(35)14-26(36)16-29)33(32(20-39)38-27)34(42)40(28-10-11-28)18-24-4-2-3-5-31(24)37/h2-9,14-16,27-28,32,38H,10-13,17-20H2,1H3/t27-,32-/m1/s1. The second kappa shape index (κ2) is 12.9. The quantitative estimate of drug-likeness (QED) is 0.280. The van der Waals surface area contributed by atoms with Crippen molar-refractivity contribution in [2.75, 3.05) is 19.7 Å². The van der Waals surface area contributed by atoms with Gasteiger partial charge in [0.2, 0.25) is 5.91 Å². The Kier molecular flexibility index (Phi) is 9.01. The van der Waals surface area contributed by atoms with Gasteiger partial charge in [0.1, 0.15) is 5.75 Å². The minimum Gasteiger partial charge on any atom is -0.493 e. The van der Waals surface area contributed by atoms with Crippen molar-refractivity contribution in [1.29, 1.82) is 0 Å². The molecule has 6 rings (SSSR count). The van der Waals surface area contributed by atoms with Gasteiger partial charge < -0.3 is 19.9 Å². The zero-order chi connectivity index (χ0) is 30.1. The summed E-state index contributed by atoms with van der Waals surface area (Å²) in [6.45, 7) is 3.65. The van der Waals surface area contributed by atoms with Gasteiger partial charge in [0.15, 0.2) is 0 Å². The van der Waals surface area contributed by atoms with Gasteiger partial charge in [0.25, 0.3) is 5.91 Å². The zero-order valence-electron chi connectivity index (χ0n) is 24.0. The number of benzene rings is 3. The fourth-order valence-electron chi connectivity index (χ4n) is 6.11. The predicted octanol–water partition coefficient (Wildman–Crippen LogP) is 6.81. The van der Waals surface area contributed by atoms with Crippen LogP contribution < -0.4 is 10.1 Å². The third-order valence-electron chi connectivity index (χ3n) is 8.43. The molecule has 0 spiro atoms. The number of carbonyl (C=O) groups excluding carboxylic acids is 2. The molecule has 2 bridgehead atoms. The maximum absolute atomic E-state index is 14.5. The second-order valence-electron chi connectivity index (χ2n) is 11.6. The molecule has 2 fully saturated rings. The van der Waals surface area contributed by atoms with Crippen LogP contribution in [-0.2, 0) is 22.6 Å². The summed E-state index contributed by atoms with van der Waals surface area (Å²) in [6.07, 6.45) is 3.35. The first-order valence-electron chi connectivity index (χ1n) is 14.7. The largest absolute Gasteiger partial charge is 0.493 e. The molecule has 2 atom stereocenters. The fourth-order valence-corrected chi connectivity index (χ4v) is 6.81. The van der Waals surface area contributed by atoms with Crippen LogP contribution in [0, 0.1) is 0 Å². The summed E-state index contributed by atoms with van der Waals surface area (Å²) >= 11 is 18.7. The van der Waals surface area contributed by atoms with Crippen LogP contribution in [0.3, 0.4) is 0 Å². The highest BCUT2D eigenvalue weighted by Gasteiger charge is 2.43. The molecule has 0 unspecified atom stereocenters. The van der Waals surface area contributed by atoms with E-state index in [9.17, 15) is 9.59 Å². The summed E-state index contributed by atoms with van der Waals surface area (Å²) in [5, 5.41) is 5.40. The molecule has 224 valence electrons. The molecule has 2 amide bonds. The SMILES string of the molecule is CC(=O)N1C[C@H]2CC(c3ccc(CCOc4cc(Cl)cc(Cl)c4)cc3)=C(C(=O)N(Cc3ccccc3Cl)C3CC3)[C@@H](C1)N2. The highest BCUT2D eigenvalue weighted by molar-refractivity contribution is 6.34. The van der Waals surface area contributed by atoms with E-state index >= 15 is 0 Å². The van der Waals surface area contributed by atoms with Crippen LogP contribution >= 0.6 is 34.8 Å². The fraction of sp³-hybridized carbons (Fsp3) is 0.353. The van der Waals surface area contributed by atoms with Gasteiger partial charge in [-0.25, -0.2) is 0 Å². The minimum absolute atomic E-state index is 0.0245. The maximum Gasteiger partial charge on any atom is 0.252 e. The zero-order valence-corrected chi connectivity index (χ0v) is 26.3. The van der Waals surface area contributed by atoms with Gasteiger partial charge >= 0.3 is 0 Å². The Balaban J connectivity index is 1.27. The van der Waals surface area contributed by atoms with E-state index in [4.69, 9.17) is 39.5 Å². The number of ether oxygens (including phenoxy) is 1. The highest BCUT2D eigenvalue weighted by Crippen LogP contribution is 2.38. The Morgan fingerprint density at radius 3 is 2.37 bits per heavy atom. The van der Waals surface area contributed by atoms with Gasteiger partial charge in [-0.2, -0.15) is 0 Å². The maximum atomic E-state index is 14.5. The van der Waals surface area contributed by atoms with Gasteiger partial charge in [-0.3, -0.25) is 9.59 Å². The number of fused-ring (bicyclic) bond motifs is 2. The van der Waals surface area contributed by atoms with Crippen molar-refractivity contribution in [3.63, 3.8) is 0 Å². The van der Waals surface area contributed by atoms with Crippen molar-refractivity contribution in [2.24, 2.45) is 0 Å². The number of piperazine rings is 1. The first-order chi connectivity index (χ1) is 20.7. The van der Waals surface area contributed by atoms with Crippen molar-refractivity contribution >= 4 is 52.2 Å². The first-order valence-corrected chi connectivity index (χ1v) is 15.9. The number of amides is 2. The summed E-state index contributed by atoms with van der Waals surface area (Å²) in [7, 11) is 0. The van der Waals surface area contributed by atoms with Crippen molar-refractivity contribution in [3.8, 4) is 5.75 Å². The number of nitrogens with zero attached hydrogens (tertiary/aromatic N) is 2. The molecule has 1 saturated carbocycles. The van der Waals surface area contributed by atoms with Crippen molar-refractivity contribution in [2.45, 2.75) is 57.3 Å². The van der Waals surface area contributed by atoms with E-state index in [0.29, 0.717) is 59.9 Å². The van der Waals surface area contributed by atoms with E-state index in [1.54, 1.807) is 25.1 Å². The van der Waals surface area contributed by atoms with Crippen molar-refractivity contribution in [3.05, 3.63) is 104 Å². The highest BCUT2D eigenvalue weighted by atomic mass is 35.5. The molecule has 2 heterocycles. The lowest BCUT2D eigenvalue weighted by Gasteiger charge is -2.44. The third-order valence-corrected chi connectivity index (χ3v) is 9.23. The summed E-state index contributed by atoms with van der Waals surface area (Å²) < 4.78 is 5.88. The molecule has 43 heavy (non-hydrogen) atoms. The number of halogens is 3. The second-order valence-corrected chi connectivity index (χ2v) is 12.9. The number of hydrogen-bond acceptors (Lipinski definition) is 4. The lowest BCUT2D eigenvalue weighted by Crippen LogP contribution is -2.61. The van der Waals surface area contributed by atoms with Crippen LogP contribution in [0.15, 0.2) is 72.3 Å². The van der Waals surface area contributed by atoms with Crippen LogP contribution in [0.5, 0.6) is 5.75 Å². The van der Waals surface area contributed by atoms with Gasteiger partial charge in [0, 0.05) is 65.7 Å². The van der Waals surface area contributed by atoms with Crippen LogP contribution in [0.2, 0.25) is 15.1 Å². The van der Waals surface area contributed by atoms with Gasteiger partial charge in [-0.05, 0) is 65.8 Å². The Hall–Kier alpha value is -3.03. The Bertz CT molecular complexity index is 1530. The van der Waals surface area contributed by atoms with Crippen LogP contribution in [0.25, 0.3) is 5.57 Å². The van der Waals surface area contributed by atoms with E-state index < -0.39 is 0 Å². The number of hydrogen-bond donors (Lipinski definition) is 1. The molecule has 3 aromatic rings. The van der Waals surface area contributed by atoms with Crippen LogP contribution in [0.4, 0.5) is 0 Å². The molecule has 6 nitrogen and oxygen atoms in total. The number of rotatable bonds is 9. The molecular weight excluding hydrogens is 605 g/mol. The van der Waals surface area contributed by atoms with E-state index in [0.717, 1.165) is 40.7 Å². The van der Waals surface area contributed by atoms with E-state index in [2.05, 4.69) is 29.6 Å². The van der Waals surface area contributed by atoms with E-state index in [-0.39, 0.29) is 29.9 Å². The molecule has 3 aromatic carbocycles. The molecule has 0 radical (unpaired) electrons. The molecule has 9 heteroatoms. The number of nitrogens with one attached hydrogen (secondary N) is 1. The van der Waals surface area contributed by atoms with Gasteiger partial charge in [-0.1, -0.05) is 77.3 Å². The normalized spacial score (nSPS) is 19.8. The summed E-state index contributed by atoms with van der Waals surface area (Å²) in [6, 6.07) is 21.3. The average molecular weight is 639 g/mol. The van der Waals surface area contributed by atoms with Gasteiger partial charge in [0.05, 0.1) is 12.6 Å². The van der Waals surface area contributed by atoms with E-state index in [1.165, 1.54) is 0 Å². The lowest BCUT2D eigenvalue weighted by molar-refractivity contribution is -0.132. The van der Waals surface area contributed by atoms with Crippen molar-refractivity contribution in [1.82, 2.24) is 15.1 Å². The summed E-state index contributed by atoms with van der Waals surface area (Å²) in [5.74, 6) is 0.699. The van der Waals surface area contributed by atoms with Crippen molar-refractivity contribution < 1.29 is 14.3 Å². The molecule has 0 aromatic heterocycles. The average Bonchev–Trinajstić information content (AvgIpc) is 3.81. The molecule has 3 aliphatic rings. The molecule has 1 saturated heterocycles. The predicted molar refractivity (Wildman–Crippen MR) is 172 cm³/mol. The Labute approximate surface area is 267 Å². The minimum atomic E-state index is -0.232. The smallest absolute Gasteiger partial charge is 0.252 e. The summed E-state index contributed by atoms with van der Waals surface area (Å²) in [5.41, 5.74) is 4.92. The molecular formula is C34H34Cl3N3O3. The number of carbonyl (C=O) groups is 2. The Morgan fingerprint density at radius 2 is 1.70 bits per heavy atom. The Morgan fingerprint density at radius 1 is 0.977 bits per heavy atom. The molecule has 2 aliphatic heterocycles. The van der Waals surface area contributed by atoms with Gasteiger partial charge in [-0.15, -0.1) is 0 Å². The summed E-state index contributed by atoms with van der Waals surface area (Å²) in [4.78, 5) is 30.7. The lowest BCUT2D eigenvalue weighted by atomic mass is 9.82. The molecule has 1 N–H and O–H groups in total. The van der Waals surface area contributed by atoms with E-state index in [1.807, 2.05) is 34.1 Å². The van der Waals surface area contributed by atoms with Crippen LogP contribution in [-0.4, -0.2) is 59.4 Å². The monoisotopic (exact) mass is 637 g/mol. The first kappa shape index (κ1) is 30.0. The van der Waals surface area contributed by atoms with Crippen LogP contribution in [0.1, 0.15) is 42.9 Å². The third kappa shape index (κ3) is 7.04.